The van der Waals surface area contributed by atoms with Crippen LogP contribution in [0.25, 0.3) is 0 Å². The molecular formula is C30H27BF2N2O4. The van der Waals surface area contributed by atoms with Crippen molar-refractivity contribution in [3.8, 4) is 11.5 Å². The first-order valence-electron chi connectivity index (χ1n) is 12.4. The first-order chi connectivity index (χ1) is 18.8. The van der Waals surface area contributed by atoms with Crippen LogP contribution in [0, 0.1) is 11.6 Å². The number of hydrogen-bond acceptors (Lipinski definition) is 4. The van der Waals surface area contributed by atoms with Crippen molar-refractivity contribution in [1.82, 2.24) is 0 Å². The second-order valence-corrected chi connectivity index (χ2v) is 8.98. The summed E-state index contributed by atoms with van der Waals surface area (Å²) in [4.78, 5) is 25.0. The standard InChI is InChI=1S/C30H27BF2N2O4/c1-19(21-3-7-23(32)8-4-21)29(36)34-25-11-15-27(16-12-25)38-31-39-28-17-13-26(14-18-28)35-30(37)20(2)22-5-9-24(33)10-6-22/h3-20,31H,1-2H3,(H,34,36)(H,35,37)/t19-,20-/m1/s1. The van der Waals surface area contributed by atoms with Crippen LogP contribution >= 0.6 is 0 Å². The first-order valence-corrected chi connectivity index (χ1v) is 12.4. The number of rotatable bonds is 10. The lowest BCUT2D eigenvalue weighted by Crippen LogP contribution is -2.19. The van der Waals surface area contributed by atoms with Crippen molar-refractivity contribution >= 4 is 30.9 Å². The van der Waals surface area contributed by atoms with Gasteiger partial charge < -0.3 is 19.9 Å². The Kier molecular flexibility index (Phi) is 8.94. The van der Waals surface area contributed by atoms with Gasteiger partial charge in [-0.05, 0) is 97.8 Å². The average molecular weight is 528 g/mol. The molecule has 2 amide bonds. The van der Waals surface area contributed by atoms with Crippen molar-refractivity contribution in [3.63, 3.8) is 0 Å². The van der Waals surface area contributed by atoms with Crippen LogP contribution in [0.2, 0.25) is 0 Å². The maximum absolute atomic E-state index is 13.1. The van der Waals surface area contributed by atoms with E-state index in [-0.39, 0.29) is 31.1 Å². The number of anilines is 2. The van der Waals surface area contributed by atoms with Gasteiger partial charge in [-0.2, -0.15) is 0 Å². The summed E-state index contributed by atoms with van der Waals surface area (Å²) < 4.78 is 37.5. The van der Waals surface area contributed by atoms with Gasteiger partial charge in [-0.1, -0.05) is 24.3 Å². The van der Waals surface area contributed by atoms with Crippen molar-refractivity contribution < 1.29 is 27.7 Å². The molecule has 39 heavy (non-hydrogen) atoms. The van der Waals surface area contributed by atoms with Gasteiger partial charge in [0.1, 0.15) is 23.1 Å². The van der Waals surface area contributed by atoms with E-state index in [2.05, 4.69) is 10.6 Å². The lowest BCUT2D eigenvalue weighted by atomic mass is 10.0. The van der Waals surface area contributed by atoms with E-state index in [0.29, 0.717) is 22.9 Å². The highest BCUT2D eigenvalue weighted by molar-refractivity contribution is 6.20. The van der Waals surface area contributed by atoms with E-state index in [0.717, 1.165) is 11.1 Å². The zero-order valence-corrected chi connectivity index (χ0v) is 21.5. The van der Waals surface area contributed by atoms with E-state index in [4.69, 9.17) is 9.31 Å². The van der Waals surface area contributed by atoms with Crippen LogP contribution in [0.3, 0.4) is 0 Å². The second-order valence-electron chi connectivity index (χ2n) is 8.98. The zero-order chi connectivity index (χ0) is 27.8. The SMILES string of the molecule is C[C@@H](C(=O)Nc1ccc(OBOc2ccc(NC(=O)[C@H](C)c3ccc(F)cc3)cc2)cc1)c1ccc(F)cc1. The molecule has 0 aliphatic carbocycles. The monoisotopic (exact) mass is 528 g/mol. The van der Waals surface area contributed by atoms with Gasteiger partial charge in [0.25, 0.3) is 0 Å². The molecule has 0 heterocycles. The first kappa shape index (κ1) is 27.4. The van der Waals surface area contributed by atoms with Gasteiger partial charge in [-0.3, -0.25) is 9.59 Å². The summed E-state index contributed by atoms with van der Waals surface area (Å²) in [5, 5.41) is 5.67. The Balaban J connectivity index is 1.21. The molecule has 4 aromatic rings. The van der Waals surface area contributed by atoms with E-state index in [9.17, 15) is 18.4 Å². The Morgan fingerprint density at radius 2 is 0.923 bits per heavy atom. The molecule has 0 fully saturated rings. The lowest BCUT2D eigenvalue weighted by molar-refractivity contribution is -0.118. The Hall–Kier alpha value is -4.66. The Morgan fingerprint density at radius 1 is 0.590 bits per heavy atom. The number of halogens is 2. The lowest BCUT2D eigenvalue weighted by Gasteiger charge is -2.14. The summed E-state index contributed by atoms with van der Waals surface area (Å²) in [5.74, 6) is -0.870. The third-order valence-electron chi connectivity index (χ3n) is 6.22. The summed E-state index contributed by atoms with van der Waals surface area (Å²) in [5.41, 5.74) is 2.66. The number of amides is 2. The zero-order valence-electron chi connectivity index (χ0n) is 21.5. The minimum atomic E-state index is -0.437. The van der Waals surface area contributed by atoms with Crippen LogP contribution in [-0.2, 0) is 9.59 Å². The minimum Gasteiger partial charge on any atom is -0.529 e. The molecule has 9 heteroatoms. The Bertz CT molecular complexity index is 1290. The molecule has 0 aliphatic heterocycles. The quantitative estimate of drug-likeness (QED) is 0.241. The normalized spacial score (nSPS) is 12.1. The van der Waals surface area contributed by atoms with E-state index < -0.39 is 11.8 Å². The molecule has 198 valence electrons. The van der Waals surface area contributed by atoms with Crippen LogP contribution < -0.4 is 19.9 Å². The van der Waals surface area contributed by atoms with Crippen molar-refractivity contribution in [2.45, 2.75) is 25.7 Å². The van der Waals surface area contributed by atoms with Crippen molar-refractivity contribution in [2.75, 3.05) is 10.6 Å². The van der Waals surface area contributed by atoms with E-state index in [1.54, 1.807) is 86.6 Å². The van der Waals surface area contributed by atoms with Gasteiger partial charge in [0.05, 0.1) is 11.8 Å². The smallest absolute Gasteiger partial charge is 0.529 e. The highest BCUT2D eigenvalue weighted by atomic mass is 19.1. The van der Waals surface area contributed by atoms with Crippen LogP contribution in [-0.4, -0.2) is 19.5 Å². The molecule has 4 rings (SSSR count). The number of benzene rings is 4. The van der Waals surface area contributed by atoms with Gasteiger partial charge in [-0.25, -0.2) is 8.78 Å². The summed E-state index contributed by atoms with van der Waals surface area (Å²) in [6.45, 7) is 3.51. The third-order valence-corrected chi connectivity index (χ3v) is 6.22. The molecule has 2 N–H and O–H groups in total. The molecule has 0 bridgehead atoms. The molecule has 0 spiro atoms. The highest BCUT2D eigenvalue weighted by Gasteiger charge is 2.16. The Morgan fingerprint density at radius 3 is 1.26 bits per heavy atom. The van der Waals surface area contributed by atoms with Gasteiger partial charge >= 0.3 is 7.69 Å². The van der Waals surface area contributed by atoms with Crippen molar-refractivity contribution in [1.29, 1.82) is 0 Å². The fourth-order valence-electron chi connectivity index (χ4n) is 3.74. The predicted molar refractivity (Wildman–Crippen MR) is 148 cm³/mol. The number of nitrogens with one attached hydrogen (secondary N) is 2. The molecular weight excluding hydrogens is 501 g/mol. The van der Waals surface area contributed by atoms with Crippen LogP contribution in [0.15, 0.2) is 97.1 Å². The second kappa shape index (κ2) is 12.7. The number of carbonyl (C=O) groups is 2. The molecule has 0 saturated carbocycles. The fraction of sp³-hybridized carbons (Fsp3) is 0.133. The summed E-state index contributed by atoms with van der Waals surface area (Å²) in [7, 11) is -0.0411. The van der Waals surface area contributed by atoms with Crippen molar-refractivity contribution in [2.24, 2.45) is 0 Å². The van der Waals surface area contributed by atoms with Crippen LogP contribution in [0.4, 0.5) is 20.2 Å². The highest BCUT2D eigenvalue weighted by Crippen LogP contribution is 2.22. The average Bonchev–Trinajstić information content (AvgIpc) is 2.95. The molecule has 4 aromatic carbocycles. The van der Waals surface area contributed by atoms with E-state index in [1.807, 2.05) is 0 Å². The molecule has 0 radical (unpaired) electrons. The minimum absolute atomic E-state index is 0.0411. The molecule has 0 aliphatic rings. The largest absolute Gasteiger partial charge is 0.576 e. The van der Waals surface area contributed by atoms with Gasteiger partial charge in [0.15, 0.2) is 0 Å². The maximum atomic E-state index is 13.1. The summed E-state index contributed by atoms with van der Waals surface area (Å²) >= 11 is 0. The number of hydrogen-bond donors (Lipinski definition) is 2. The number of carbonyl (C=O) groups excluding carboxylic acids is 2. The predicted octanol–water partition coefficient (Wildman–Crippen LogP) is 6.17. The van der Waals surface area contributed by atoms with Gasteiger partial charge in [-0.15, -0.1) is 0 Å². The van der Waals surface area contributed by atoms with E-state index in [1.165, 1.54) is 24.3 Å². The third kappa shape index (κ3) is 7.67. The molecule has 6 nitrogen and oxygen atoms in total. The summed E-state index contributed by atoms with van der Waals surface area (Å²) in [6, 6.07) is 25.4. The van der Waals surface area contributed by atoms with Gasteiger partial charge in [0, 0.05) is 11.4 Å². The van der Waals surface area contributed by atoms with Crippen molar-refractivity contribution in [3.05, 3.63) is 120 Å². The Labute approximate surface area is 226 Å². The fourth-order valence-corrected chi connectivity index (χ4v) is 3.74. The van der Waals surface area contributed by atoms with Gasteiger partial charge in [0.2, 0.25) is 11.8 Å². The maximum Gasteiger partial charge on any atom is 0.576 e. The molecule has 0 saturated heterocycles. The van der Waals surface area contributed by atoms with Crippen LogP contribution in [0.1, 0.15) is 36.8 Å². The molecule has 0 aromatic heterocycles. The molecule has 2 atom stereocenters. The summed E-state index contributed by atoms with van der Waals surface area (Å²) in [6.07, 6.45) is 0. The molecule has 0 unspecified atom stereocenters. The van der Waals surface area contributed by atoms with Crippen LogP contribution in [0.5, 0.6) is 11.5 Å². The van der Waals surface area contributed by atoms with E-state index >= 15 is 0 Å². The topological polar surface area (TPSA) is 76.7 Å².